The van der Waals surface area contributed by atoms with Gasteiger partial charge in [0.15, 0.2) is 5.79 Å². The number of hydrogen-bond acceptors (Lipinski definition) is 4. The van der Waals surface area contributed by atoms with Crippen molar-refractivity contribution in [2.75, 3.05) is 13.2 Å². The summed E-state index contributed by atoms with van der Waals surface area (Å²) in [5.41, 5.74) is 3.36. The summed E-state index contributed by atoms with van der Waals surface area (Å²) in [5, 5.41) is 12.4. The van der Waals surface area contributed by atoms with Crippen molar-refractivity contribution in [3.8, 4) is 11.5 Å². The lowest BCUT2D eigenvalue weighted by Gasteiger charge is -2.44. The molecule has 0 spiro atoms. The summed E-state index contributed by atoms with van der Waals surface area (Å²) in [5.74, 6) is 0.0735. The first-order valence-corrected chi connectivity index (χ1v) is 13.7. The van der Waals surface area contributed by atoms with Crippen LogP contribution in [0.2, 0.25) is 16.6 Å². The second kappa shape index (κ2) is 9.35. The Morgan fingerprint density at radius 1 is 0.935 bits per heavy atom. The highest BCUT2D eigenvalue weighted by Gasteiger charge is 2.47. The van der Waals surface area contributed by atoms with Crippen LogP contribution in [0.3, 0.4) is 0 Å². The maximum Gasteiger partial charge on any atom is 0.195 e. The lowest BCUT2D eigenvalue weighted by molar-refractivity contribution is -0.150. The highest BCUT2D eigenvalue weighted by Crippen LogP contribution is 2.45. The molecule has 0 amide bonds. The van der Waals surface area contributed by atoms with Crippen LogP contribution in [-0.2, 0) is 21.9 Å². The predicted molar refractivity (Wildman–Crippen MR) is 129 cm³/mol. The van der Waals surface area contributed by atoms with Gasteiger partial charge in [-0.3, -0.25) is 0 Å². The standard InChI is InChI=1S/C26H38O4Si/c1-18(2)31(19(3)4,20(5)6)25-15-22(26(7)29-13-14-30-26)24(16-23(25)27)28-17-21-11-9-8-10-12-21/h8-12,15-16,18-20,27H,13-14,17H2,1-7H3. The van der Waals surface area contributed by atoms with E-state index in [4.69, 9.17) is 14.2 Å². The summed E-state index contributed by atoms with van der Waals surface area (Å²) < 4.78 is 18.3. The average Bonchev–Trinajstić information content (AvgIpc) is 3.15. The highest BCUT2D eigenvalue weighted by molar-refractivity contribution is 6.95. The van der Waals surface area contributed by atoms with E-state index >= 15 is 0 Å². The van der Waals surface area contributed by atoms with Crippen LogP contribution in [-0.4, -0.2) is 26.4 Å². The van der Waals surface area contributed by atoms with E-state index in [0.717, 1.165) is 16.3 Å². The van der Waals surface area contributed by atoms with E-state index in [1.54, 1.807) is 6.07 Å². The summed E-state index contributed by atoms with van der Waals surface area (Å²) in [4.78, 5) is 0. The van der Waals surface area contributed by atoms with Gasteiger partial charge in [-0.15, -0.1) is 0 Å². The second-order valence-electron chi connectivity index (χ2n) is 9.68. The normalized spacial score (nSPS) is 16.5. The first-order valence-electron chi connectivity index (χ1n) is 11.5. The SMILES string of the molecule is CC(C)[Si](c1cc(C2(C)OCCO2)c(OCc2ccccc2)cc1O)(C(C)C)C(C)C. The summed E-state index contributed by atoms with van der Waals surface area (Å²) in [7, 11) is -2.09. The molecule has 1 aliphatic heterocycles. The van der Waals surface area contributed by atoms with Crippen molar-refractivity contribution in [1.82, 2.24) is 0 Å². The van der Waals surface area contributed by atoms with Crippen molar-refractivity contribution in [1.29, 1.82) is 0 Å². The van der Waals surface area contributed by atoms with Crippen LogP contribution in [0.4, 0.5) is 0 Å². The minimum absolute atomic E-state index is 0.330. The van der Waals surface area contributed by atoms with E-state index in [-0.39, 0.29) is 0 Å². The molecule has 0 bridgehead atoms. The van der Waals surface area contributed by atoms with Gasteiger partial charge in [-0.05, 0) is 40.4 Å². The monoisotopic (exact) mass is 442 g/mol. The minimum atomic E-state index is -2.09. The summed E-state index contributed by atoms with van der Waals surface area (Å²) in [6, 6.07) is 14.0. The van der Waals surface area contributed by atoms with E-state index in [2.05, 4.69) is 47.6 Å². The van der Waals surface area contributed by atoms with Crippen LogP contribution in [0.5, 0.6) is 11.5 Å². The molecule has 3 rings (SSSR count). The van der Waals surface area contributed by atoms with Crippen molar-refractivity contribution >= 4 is 13.3 Å². The highest BCUT2D eigenvalue weighted by atomic mass is 28.3. The zero-order valence-corrected chi connectivity index (χ0v) is 21.1. The van der Waals surface area contributed by atoms with Crippen molar-refractivity contribution < 1.29 is 19.3 Å². The smallest absolute Gasteiger partial charge is 0.195 e. The fraction of sp³-hybridized carbons (Fsp3) is 0.538. The van der Waals surface area contributed by atoms with Crippen molar-refractivity contribution in [2.45, 2.75) is 77.5 Å². The third-order valence-electron chi connectivity index (χ3n) is 7.00. The van der Waals surface area contributed by atoms with Gasteiger partial charge in [-0.1, -0.05) is 71.9 Å². The minimum Gasteiger partial charge on any atom is -0.508 e. The molecular weight excluding hydrogens is 404 g/mol. The van der Waals surface area contributed by atoms with Gasteiger partial charge in [-0.25, -0.2) is 0 Å². The van der Waals surface area contributed by atoms with E-state index in [1.165, 1.54) is 0 Å². The molecule has 0 saturated carbocycles. The number of phenolic OH excluding ortho intramolecular Hbond substituents is 1. The van der Waals surface area contributed by atoms with Gasteiger partial charge in [0.05, 0.1) is 26.9 Å². The van der Waals surface area contributed by atoms with Crippen LogP contribution in [0.1, 0.15) is 59.6 Å². The van der Waals surface area contributed by atoms with Crippen LogP contribution >= 0.6 is 0 Å². The zero-order chi connectivity index (χ0) is 22.8. The maximum atomic E-state index is 11.3. The van der Waals surface area contributed by atoms with E-state index < -0.39 is 13.9 Å². The third-order valence-corrected chi connectivity index (χ3v) is 14.1. The Balaban J connectivity index is 2.14. The molecule has 0 atom stereocenters. The molecule has 4 nitrogen and oxygen atoms in total. The fourth-order valence-corrected chi connectivity index (χ4v) is 12.5. The van der Waals surface area contributed by atoms with Crippen molar-refractivity contribution in [3.63, 3.8) is 0 Å². The molecule has 2 aromatic rings. The quantitative estimate of drug-likeness (QED) is 0.504. The fourth-order valence-electron chi connectivity index (χ4n) is 5.73. The molecule has 2 aromatic carbocycles. The second-order valence-corrected chi connectivity index (χ2v) is 15.5. The van der Waals surface area contributed by atoms with Crippen LogP contribution in [0, 0.1) is 0 Å². The van der Waals surface area contributed by atoms with E-state index in [0.29, 0.717) is 47.9 Å². The molecule has 0 unspecified atom stereocenters. The van der Waals surface area contributed by atoms with Crippen molar-refractivity contribution in [3.05, 3.63) is 53.6 Å². The van der Waals surface area contributed by atoms with Gasteiger partial charge in [0.2, 0.25) is 0 Å². The lowest BCUT2D eigenvalue weighted by atomic mass is 10.1. The van der Waals surface area contributed by atoms with Gasteiger partial charge in [0.25, 0.3) is 0 Å². The molecule has 1 N–H and O–H groups in total. The maximum absolute atomic E-state index is 11.3. The molecule has 31 heavy (non-hydrogen) atoms. The Labute approximate surface area is 188 Å². The molecule has 1 saturated heterocycles. The van der Waals surface area contributed by atoms with E-state index in [1.807, 2.05) is 37.3 Å². The molecule has 5 heteroatoms. The molecular formula is C26H38O4Si. The van der Waals surface area contributed by atoms with Crippen molar-refractivity contribution in [2.24, 2.45) is 0 Å². The van der Waals surface area contributed by atoms with Gasteiger partial charge in [-0.2, -0.15) is 0 Å². The van der Waals surface area contributed by atoms with Gasteiger partial charge in [0.1, 0.15) is 18.1 Å². The Morgan fingerprint density at radius 2 is 1.48 bits per heavy atom. The Hall–Kier alpha value is -1.82. The molecule has 0 aromatic heterocycles. The number of ether oxygens (including phenoxy) is 3. The lowest BCUT2D eigenvalue weighted by Crippen LogP contribution is -2.56. The molecule has 1 heterocycles. The molecule has 1 aliphatic rings. The summed E-state index contributed by atoms with van der Waals surface area (Å²) in [6.07, 6.45) is 0. The number of phenols is 1. The zero-order valence-electron chi connectivity index (χ0n) is 20.1. The van der Waals surface area contributed by atoms with Crippen LogP contribution in [0.15, 0.2) is 42.5 Å². The number of benzene rings is 2. The summed E-state index contributed by atoms with van der Waals surface area (Å²) in [6.45, 7) is 17.3. The first kappa shape index (κ1) is 23.8. The Kier molecular flexibility index (Phi) is 7.19. The molecule has 170 valence electrons. The molecule has 1 fully saturated rings. The largest absolute Gasteiger partial charge is 0.508 e. The Morgan fingerprint density at radius 3 is 2.00 bits per heavy atom. The Bertz CT molecular complexity index is 849. The van der Waals surface area contributed by atoms with Crippen LogP contribution in [0.25, 0.3) is 0 Å². The topological polar surface area (TPSA) is 47.9 Å². The van der Waals surface area contributed by atoms with E-state index in [9.17, 15) is 5.11 Å². The average molecular weight is 443 g/mol. The predicted octanol–water partition coefficient (Wildman–Crippen LogP) is 6.08. The number of hydrogen-bond donors (Lipinski definition) is 1. The van der Waals surface area contributed by atoms with Gasteiger partial charge < -0.3 is 19.3 Å². The van der Waals surface area contributed by atoms with Crippen LogP contribution < -0.4 is 9.92 Å². The number of aromatic hydroxyl groups is 1. The van der Waals surface area contributed by atoms with Gasteiger partial charge >= 0.3 is 0 Å². The summed E-state index contributed by atoms with van der Waals surface area (Å²) >= 11 is 0. The molecule has 0 radical (unpaired) electrons. The van der Waals surface area contributed by atoms with Gasteiger partial charge in [0, 0.05) is 6.07 Å². The first-order chi connectivity index (χ1) is 14.6. The molecule has 0 aliphatic carbocycles. The third kappa shape index (κ3) is 4.41. The number of rotatable bonds is 8.